The van der Waals surface area contributed by atoms with Crippen LogP contribution in [0.3, 0.4) is 0 Å². The Morgan fingerprint density at radius 3 is 2.41 bits per heavy atom. The monoisotopic (exact) mass is 580 g/mol. The molecule has 2 amide bonds. The number of ether oxygens (including phenoxy) is 2. The van der Waals surface area contributed by atoms with Crippen molar-refractivity contribution in [3.8, 4) is 5.75 Å². The van der Waals surface area contributed by atoms with Crippen LogP contribution in [0.2, 0.25) is 0 Å². The summed E-state index contributed by atoms with van der Waals surface area (Å²) in [6.07, 6.45) is 0. The number of hydrogen-bond donors (Lipinski definition) is 2. The fourth-order valence-electron chi connectivity index (χ4n) is 4.78. The van der Waals surface area contributed by atoms with Gasteiger partial charge in [0.2, 0.25) is 0 Å². The van der Waals surface area contributed by atoms with Crippen LogP contribution in [0.25, 0.3) is 10.8 Å². The highest BCUT2D eigenvalue weighted by molar-refractivity contribution is 7.14. The molecule has 0 radical (unpaired) electrons. The van der Waals surface area contributed by atoms with E-state index in [1.165, 1.54) is 11.3 Å². The Bertz CT molecular complexity index is 1400. The summed E-state index contributed by atoms with van der Waals surface area (Å²) in [6.45, 7) is 15.7. The lowest BCUT2D eigenvalue weighted by Crippen LogP contribution is -2.38. The lowest BCUT2D eigenvalue weighted by atomic mass is 9.94. The molecule has 2 aromatic carbocycles. The number of nitrogens with zero attached hydrogens (tertiary/aromatic N) is 3. The van der Waals surface area contributed by atoms with Gasteiger partial charge < -0.3 is 24.9 Å². The predicted octanol–water partition coefficient (Wildman–Crippen LogP) is 5.21. The summed E-state index contributed by atoms with van der Waals surface area (Å²) in [5.41, 5.74) is 0.512. The van der Waals surface area contributed by atoms with Crippen molar-refractivity contribution in [3.63, 3.8) is 0 Å². The molecule has 4 rings (SSSR count). The van der Waals surface area contributed by atoms with Crippen LogP contribution < -0.4 is 10.1 Å². The van der Waals surface area contributed by atoms with Crippen LogP contribution in [0.4, 0.5) is 5.69 Å². The zero-order valence-corrected chi connectivity index (χ0v) is 25.3. The SMILES string of the molecule is CCN(CC)C(=O)c1sc(C(C)(C)C)cc1NC(=O)/C(=N\O)c1ccc(OCCN2CCOCC2)c2ccccc12. The number of anilines is 1. The summed E-state index contributed by atoms with van der Waals surface area (Å²) < 4.78 is 11.6. The van der Waals surface area contributed by atoms with Gasteiger partial charge in [-0.3, -0.25) is 14.5 Å². The summed E-state index contributed by atoms with van der Waals surface area (Å²) >= 11 is 1.38. The topological polar surface area (TPSA) is 104 Å². The number of oxime groups is 1. The number of nitrogens with one attached hydrogen (secondary N) is 1. The van der Waals surface area contributed by atoms with E-state index in [0.717, 1.165) is 48.5 Å². The van der Waals surface area contributed by atoms with Crippen molar-refractivity contribution in [2.24, 2.45) is 5.16 Å². The lowest BCUT2D eigenvalue weighted by molar-refractivity contribution is -0.110. The highest BCUT2D eigenvalue weighted by Crippen LogP contribution is 2.37. The average molecular weight is 581 g/mol. The fraction of sp³-hybridized carbons (Fsp3) is 0.452. The molecule has 0 atom stereocenters. The standard InChI is InChI=1S/C31H40N4O5S/c1-6-35(7-2)30(37)28-24(20-26(41-28)31(3,4)5)32-29(36)27(33-38)23-12-13-25(22-11-9-8-10-21(22)23)40-19-16-34-14-17-39-18-15-34/h8-13,20,38H,6-7,14-19H2,1-5H3,(H,32,36)/b33-27-. The Morgan fingerprint density at radius 2 is 1.78 bits per heavy atom. The van der Waals surface area contributed by atoms with Crippen LogP contribution in [0.1, 0.15) is 54.7 Å². The molecule has 9 nitrogen and oxygen atoms in total. The molecule has 2 heterocycles. The Labute approximate surface area is 245 Å². The van der Waals surface area contributed by atoms with E-state index in [0.29, 0.717) is 41.6 Å². The minimum atomic E-state index is -0.606. The van der Waals surface area contributed by atoms with Gasteiger partial charge in [0.1, 0.15) is 17.2 Å². The fourth-order valence-corrected chi connectivity index (χ4v) is 5.92. The Hall–Kier alpha value is -3.47. The molecule has 1 fully saturated rings. The van der Waals surface area contributed by atoms with Gasteiger partial charge in [-0.15, -0.1) is 11.3 Å². The summed E-state index contributed by atoms with van der Waals surface area (Å²) in [5.74, 6) is -0.0575. The first-order chi connectivity index (χ1) is 19.7. The maximum absolute atomic E-state index is 13.6. The van der Waals surface area contributed by atoms with Crippen LogP contribution in [0.5, 0.6) is 5.75 Å². The van der Waals surface area contributed by atoms with E-state index in [2.05, 4.69) is 36.1 Å². The average Bonchev–Trinajstić information content (AvgIpc) is 3.40. The van der Waals surface area contributed by atoms with Crippen molar-refractivity contribution in [1.29, 1.82) is 0 Å². The molecule has 10 heteroatoms. The van der Waals surface area contributed by atoms with E-state index < -0.39 is 5.91 Å². The van der Waals surface area contributed by atoms with Crippen molar-refractivity contribution in [3.05, 3.63) is 57.8 Å². The maximum Gasteiger partial charge on any atom is 0.278 e. The van der Waals surface area contributed by atoms with Gasteiger partial charge in [-0.25, -0.2) is 0 Å². The largest absolute Gasteiger partial charge is 0.492 e. The third-order valence-corrected chi connectivity index (χ3v) is 8.74. The van der Waals surface area contributed by atoms with Gasteiger partial charge in [0.15, 0.2) is 5.71 Å². The predicted molar refractivity (Wildman–Crippen MR) is 164 cm³/mol. The minimum Gasteiger partial charge on any atom is -0.492 e. The second kappa shape index (κ2) is 13.5. The molecule has 3 aromatic rings. The van der Waals surface area contributed by atoms with Gasteiger partial charge in [0.05, 0.1) is 18.9 Å². The maximum atomic E-state index is 13.6. The number of thiophene rings is 1. The Kier molecular flexibility index (Phi) is 10.0. The second-order valence-electron chi connectivity index (χ2n) is 10.9. The van der Waals surface area contributed by atoms with E-state index >= 15 is 0 Å². The number of hydrogen-bond acceptors (Lipinski definition) is 8. The first kappa shape index (κ1) is 30.5. The van der Waals surface area contributed by atoms with E-state index in [9.17, 15) is 14.8 Å². The molecular weight excluding hydrogens is 540 g/mol. The number of amides is 2. The molecule has 0 saturated carbocycles. The zero-order valence-electron chi connectivity index (χ0n) is 24.5. The molecule has 2 N–H and O–H groups in total. The van der Waals surface area contributed by atoms with Gasteiger partial charge in [0, 0.05) is 48.6 Å². The number of rotatable bonds is 10. The number of carbonyl (C=O) groups excluding carboxylic acids is 2. The molecule has 1 saturated heterocycles. The summed E-state index contributed by atoms with van der Waals surface area (Å²) in [6, 6.07) is 12.9. The number of fused-ring (bicyclic) bond motifs is 1. The highest BCUT2D eigenvalue weighted by atomic mass is 32.1. The van der Waals surface area contributed by atoms with Crippen molar-refractivity contribution in [2.75, 3.05) is 57.9 Å². The van der Waals surface area contributed by atoms with Crippen molar-refractivity contribution in [1.82, 2.24) is 9.80 Å². The highest BCUT2D eigenvalue weighted by Gasteiger charge is 2.28. The molecule has 0 spiro atoms. The molecule has 1 aliphatic rings. The minimum absolute atomic E-state index is 0.141. The molecule has 41 heavy (non-hydrogen) atoms. The number of morpholine rings is 1. The van der Waals surface area contributed by atoms with Gasteiger partial charge in [-0.2, -0.15) is 0 Å². The van der Waals surface area contributed by atoms with E-state index in [4.69, 9.17) is 9.47 Å². The van der Waals surface area contributed by atoms with Gasteiger partial charge in [-0.05, 0) is 42.8 Å². The molecule has 0 bridgehead atoms. The Balaban J connectivity index is 1.60. The van der Waals surface area contributed by atoms with Crippen molar-refractivity contribution < 1.29 is 24.3 Å². The summed E-state index contributed by atoms with van der Waals surface area (Å²) in [7, 11) is 0. The smallest absolute Gasteiger partial charge is 0.278 e. The first-order valence-corrected chi connectivity index (χ1v) is 14.9. The van der Waals surface area contributed by atoms with Crippen LogP contribution in [-0.2, 0) is 14.9 Å². The first-order valence-electron chi connectivity index (χ1n) is 14.1. The van der Waals surface area contributed by atoms with Crippen LogP contribution in [0, 0.1) is 0 Å². The van der Waals surface area contributed by atoms with Crippen molar-refractivity contribution >= 4 is 45.3 Å². The van der Waals surface area contributed by atoms with Gasteiger partial charge in [0.25, 0.3) is 11.8 Å². The van der Waals surface area contributed by atoms with Crippen LogP contribution >= 0.6 is 11.3 Å². The molecule has 220 valence electrons. The number of carbonyl (C=O) groups is 2. The summed E-state index contributed by atoms with van der Waals surface area (Å²) in [5, 5.41) is 17.8. The van der Waals surface area contributed by atoms with Gasteiger partial charge >= 0.3 is 0 Å². The van der Waals surface area contributed by atoms with Gasteiger partial charge in [-0.1, -0.05) is 50.2 Å². The molecule has 0 unspecified atom stereocenters. The zero-order chi connectivity index (χ0) is 29.6. The van der Waals surface area contributed by atoms with Crippen molar-refractivity contribution in [2.45, 2.75) is 40.0 Å². The quantitative estimate of drug-likeness (QED) is 0.194. The second-order valence-corrected chi connectivity index (χ2v) is 12.0. The normalized spacial score (nSPS) is 14.7. The molecule has 1 aliphatic heterocycles. The molecular formula is C31H40N4O5S. The van der Waals surface area contributed by atoms with E-state index in [1.54, 1.807) is 17.0 Å². The van der Waals surface area contributed by atoms with Crippen LogP contribution in [-0.4, -0.2) is 85.1 Å². The number of benzene rings is 2. The molecule has 1 aromatic heterocycles. The third kappa shape index (κ3) is 7.06. The third-order valence-electron chi connectivity index (χ3n) is 7.19. The van der Waals surface area contributed by atoms with Crippen LogP contribution in [0.15, 0.2) is 47.6 Å². The Morgan fingerprint density at radius 1 is 1.10 bits per heavy atom. The summed E-state index contributed by atoms with van der Waals surface area (Å²) in [4.78, 5) is 32.4. The van der Waals surface area contributed by atoms with E-state index in [1.807, 2.05) is 44.2 Å². The molecule has 0 aliphatic carbocycles. The van der Waals surface area contributed by atoms with E-state index in [-0.39, 0.29) is 17.0 Å². The lowest BCUT2D eigenvalue weighted by Gasteiger charge is -2.26.